The van der Waals surface area contributed by atoms with Crippen LogP contribution in [0.2, 0.25) is 0 Å². The van der Waals surface area contributed by atoms with Crippen molar-refractivity contribution in [3.05, 3.63) is 95.3 Å². The van der Waals surface area contributed by atoms with Crippen molar-refractivity contribution in [3.8, 4) is 16.9 Å². The van der Waals surface area contributed by atoms with Crippen LogP contribution in [0.4, 0.5) is 10.1 Å². The molecule has 0 bridgehead atoms. The molecule has 2 aliphatic heterocycles. The van der Waals surface area contributed by atoms with Gasteiger partial charge in [0.05, 0.1) is 12.6 Å². The van der Waals surface area contributed by atoms with Crippen LogP contribution in [0.1, 0.15) is 43.9 Å². The molecule has 0 spiro atoms. The zero-order valence-electron chi connectivity index (χ0n) is 21.4. The summed E-state index contributed by atoms with van der Waals surface area (Å²) in [5, 5.41) is 3.28. The van der Waals surface area contributed by atoms with Crippen LogP contribution in [0.5, 0.6) is 5.75 Å². The topological polar surface area (TPSA) is 47.6 Å². The van der Waals surface area contributed by atoms with Crippen LogP contribution in [0.15, 0.2) is 72.8 Å². The van der Waals surface area contributed by atoms with E-state index in [9.17, 15) is 9.18 Å². The van der Waals surface area contributed by atoms with E-state index in [1.54, 1.807) is 17.8 Å². The highest BCUT2D eigenvalue weighted by molar-refractivity contribution is 8.09. The Morgan fingerprint density at radius 3 is 2.62 bits per heavy atom. The van der Waals surface area contributed by atoms with Gasteiger partial charge < -0.3 is 14.8 Å². The molecule has 2 aliphatic rings. The number of carbonyl (C=O) groups is 1. The Morgan fingerprint density at radius 2 is 1.86 bits per heavy atom. The third-order valence-corrected chi connectivity index (χ3v) is 7.99. The van der Waals surface area contributed by atoms with Gasteiger partial charge in [-0.3, -0.25) is 4.79 Å². The van der Waals surface area contributed by atoms with E-state index in [1.807, 2.05) is 30.3 Å². The van der Waals surface area contributed by atoms with Crippen molar-refractivity contribution in [1.82, 2.24) is 0 Å². The molecule has 6 heteroatoms. The summed E-state index contributed by atoms with van der Waals surface area (Å²) in [6.07, 6.45) is 4.91. The van der Waals surface area contributed by atoms with Crippen LogP contribution >= 0.6 is 11.8 Å². The number of fused-ring (bicyclic) bond motifs is 1. The second-order valence-electron chi connectivity index (χ2n) is 9.92. The number of halogens is 1. The Kier molecular flexibility index (Phi) is 6.86. The first-order chi connectivity index (χ1) is 17.8. The number of anilines is 1. The highest BCUT2D eigenvalue weighted by Gasteiger charge is 2.30. The molecule has 3 aromatic carbocycles. The molecule has 0 fully saturated rings. The number of esters is 1. The number of methoxy groups -OCH3 is 1. The maximum atomic E-state index is 14.0. The monoisotopic (exact) mass is 515 g/mol. The highest BCUT2D eigenvalue weighted by Crippen LogP contribution is 2.44. The fourth-order valence-corrected chi connectivity index (χ4v) is 6.25. The molecule has 0 saturated heterocycles. The molecule has 1 atom stereocenters. The molecule has 2 heterocycles. The fraction of sp³-hybridized carbons (Fsp3) is 0.258. The van der Waals surface area contributed by atoms with E-state index in [4.69, 9.17) is 9.47 Å². The van der Waals surface area contributed by atoms with Gasteiger partial charge in [0.2, 0.25) is 0 Å². The smallest absolute Gasteiger partial charge is 0.320 e. The SMILES string of the molecule is COc1cc(F)ccc1-c1ccc2c(c1COC(=O)C1CC=C(c3ccccc3)S1)C(C)=CC(C)(C)N2. The van der Waals surface area contributed by atoms with Gasteiger partial charge in [0.15, 0.2) is 0 Å². The van der Waals surface area contributed by atoms with Crippen molar-refractivity contribution in [2.75, 3.05) is 12.4 Å². The Labute approximate surface area is 221 Å². The maximum absolute atomic E-state index is 14.0. The summed E-state index contributed by atoms with van der Waals surface area (Å²) in [5.41, 5.74) is 6.43. The van der Waals surface area contributed by atoms with Crippen LogP contribution in [-0.2, 0) is 16.1 Å². The van der Waals surface area contributed by atoms with Crippen molar-refractivity contribution in [2.45, 2.75) is 44.6 Å². The van der Waals surface area contributed by atoms with Crippen LogP contribution < -0.4 is 10.1 Å². The number of hydrogen-bond donors (Lipinski definition) is 1. The molecule has 0 radical (unpaired) electrons. The van der Waals surface area contributed by atoms with Crippen molar-refractivity contribution >= 4 is 33.9 Å². The minimum absolute atomic E-state index is 0.100. The average Bonchev–Trinajstić information content (AvgIpc) is 3.37. The Bertz CT molecular complexity index is 1410. The molecule has 190 valence electrons. The first kappa shape index (κ1) is 25.2. The van der Waals surface area contributed by atoms with E-state index in [1.165, 1.54) is 19.2 Å². The molecule has 4 nitrogen and oxygen atoms in total. The van der Waals surface area contributed by atoms with Gasteiger partial charge in [0, 0.05) is 33.3 Å². The highest BCUT2D eigenvalue weighted by atomic mass is 32.2. The van der Waals surface area contributed by atoms with Gasteiger partial charge in [0.25, 0.3) is 0 Å². The molecule has 1 N–H and O–H groups in total. The molecule has 0 aromatic heterocycles. The average molecular weight is 516 g/mol. The molecule has 0 amide bonds. The van der Waals surface area contributed by atoms with Gasteiger partial charge in [-0.25, -0.2) is 4.39 Å². The van der Waals surface area contributed by atoms with Gasteiger partial charge in [0.1, 0.15) is 23.4 Å². The van der Waals surface area contributed by atoms with Crippen molar-refractivity contribution in [1.29, 1.82) is 0 Å². The number of allylic oxidation sites excluding steroid dienone is 2. The molecule has 5 rings (SSSR count). The van der Waals surface area contributed by atoms with E-state index in [2.05, 4.69) is 50.4 Å². The fourth-order valence-electron chi connectivity index (χ4n) is 5.12. The van der Waals surface area contributed by atoms with Gasteiger partial charge in [-0.05, 0) is 62.1 Å². The maximum Gasteiger partial charge on any atom is 0.320 e. The quantitative estimate of drug-likeness (QED) is 0.341. The Morgan fingerprint density at radius 1 is 1.11 bits per heavy atom. The summed E-state index contributed by atoms with van der Waals surface area (Å²) in [4.78, 5) is 14.3. The number of hydrogen-bond acceptors (Lipinski definition) is 5. The van der Waals surface area contributed by atoms with Crippen LogP contribution in [0.3, 0.4) is 0 Å². The van der Waals surface area contributed by atoms with Crippen molar-refractivity contribution in [2.24, 2.45) is 0 Å². The van der Waals surface area contributed by atoms with Gasteiger partial charge in [-0.2, -0.15) is 0 Å². The number of ether oxygens (including phenoxy) is 2. The zero-order valence-corrected chi connectivity index (χ0v) is 22.2. The third-order valence-electron chi connectivity index (χ3n) is 6.66. The third kappa shape index (κ3) is 5.16. The standard InChI is InChI=1S/C31H30FNO3S/c1-19-17-31(2,3)33-25-13-12-22(23-11-10-21(32)16-26(23)35-4)24(29(19)25)18-36-30(34)28-15-14-27(37-28)20-8-6-5-7-9-20/h5-14,16-17,28,33H,15,18H2,1-4H3. The Balaban J connectivity index is 1.46. The van der Waals surface area contributed by atoms with E-state index in [-0.39, 0.29) is 29.2 Å². The molecule has 1 unspecified atom stereocenters. The molecule has 37 heavy (non-hydrogen) atoms. The molecule has 0 aliphatic carbocycles. The zero-order chi connectivity index (χ0) is 26.2. The van der Waals surface area contributed by atoms with Crippen molar-refractivity contribution in [3.63, 3.8) is 0 Å². The van der Waals surface area contributed by atoms with Crippen LogP contribution in [-0.4, -0.2) is 23.9 Å². The summed E-state index contributed by atoms with van der Waals surface area (Å²) < 4.78 is 25.4. The second kappa shape index (κ2) is 10.1. The number of rotatable bonds is 6. The lowest BCUT2D eigenvalue weighted by Gasteiger charge is -2.33. The largest absolute Gasteiger partial charge is 0.496 e. The molecule has 3 aromatic rings. The van der Waals surface area contributed by atoms with Gasteiger partial charge >= 0.3 is 5.97 Å². The van der Waals surface area contributed by atoms with E-state index >= 15 is 0 Å². The normalized spacial score (nSPS) is 17.8. The van der Waals surface area contributed by atoms with Crippen LogP contribution in [0, 0.1) is 5.82 Å². The first-order valence-corrected chi connectivity index (χ1v) is 13.2. The lowest BCUT2D eigenvalue weighted by molar-refractivity contribution is -0.144. The second-order valence-corrected chi connectivity index (χ2v) is 11.2. The summed E-state index contributed by atoms with van der Waals surface area (Å²) in [7, 11) is 1.53. The minimum atomic E-state index is -0.369. The lowest BCUT2D eigenvalue weighted by Crippen LogP contribution is -2.32. The summed E-state index contributed by atoms with van der Waals surface area (Å²) in [6.45, 7) is 6.40. The molecular formula is C31H30FNO3S. The first-order valence-electron chi connectivity index (χ1n) is 12.3. The van der Waals surface area contributed by atoms with E-state index in [0.29, 0.717) is 12.2 Å². The van der Waals surface area contributed by atoms with Crippen molar-refractivity contribution < 1.29 is 18.7 Å². The predicted molar refractivity (Wildman–Crippen MR) is 150 cm³/mol. The number of nitrogens with one attached hydrogen (secondary N) is 1. The Hall–Kier alpha value is -3.51. The molecular weight excluding hydrogens is 485 g/mol. The molecule has 0 saturated carbocycles. The predicted octanol–water partition coefficient (Wildman–Crippen LogP) is 7.70. The summed E-state index contributed by atoms with van der Waals surface area (Å²) in [5.74, 6) is -0.181. The lowest BCUT2D eigenvalue weighted by atomic mass is 9.85. The van der Waals surface area contributed by atoms with Gasteiger partial charge in [-0.15, -0.1) is 11.8 Å². The number of benzene rings is 3. The number of thioether (sulfide) groups is 1. The summed E-state index contributed by atoms with van der Waals surface area (Å²) >= 11 is 1.55. The minimum Gasteiger partial charge on any atom is -0.496 e. The van der Waals surface area contributed by atoms with E-state index < -0.39 is 0 Å². The van der Waals surface area contributed by atoms with Gasteiger partial charge in [-0.1, -0.05) is 48.6 Å². The summed E-state index contributed by atoms with van der Waals surface area (Å²) in [6, 6.07) is 18.6. The van der Waals surface area contributed by atoms with E-state index in [0.717, 1.165) is 44.0 Å². The van der Waals surface area contributed by atoms with Crippen LogP contribution in [0.25, 0.3) is 21.6 Å². The number of carbonyl (C=O) groups excluding carboxylic acids is 1.